The molecule has 0 radical (unpaired) electrons. The molecule has 12 nitrogen and oxygen atoms in total. The number of halogens is 1. The SMILES string of the molecule is COc1nc(N2CCCN=C(/C(Cl)=C(\N)C(=O)N(C)C)C2)c(C#N)c(N2CC3(CSc4sc(N)c(C#N)c43)C2)n1. The van der Waals surface area contributed by atoms with Crippen LogP contribution in [0.3, 0.4) is 0 Å². The molecule has 5 rings (SSSR count). The fourth-order valence-corrected chi connectivity index (χ4v) is 8.09. The van der Waals surface area contributed by atoms with Crippen molar-refractivity contribution >= 4 is 63.0 Å². The second-order valence-corrected chi connectivity index (χ2v) is 12.6. The van der Waals surface area contributed by atoms with Gasteiger partial charge in [0.15, 0.2) is 11.6 Å². The third-order valence-electron chi connectivity index (χ3n) is 7.11. The molecule has 0 unspecified atom stereocenters. The van der Waals surface area contributed by atoms with E-state index < -0.39 is 5.91 Å². The first-order chi connectivity index (χ1) is 19.1. The highest BCUT2D eigenvalue weighted by molar-refractivity contribution is 8.01. The number of hydrogen-bond acceptors (Lipinski definition) is 13. The summed E-state index contributed by atoms with van der Waals surface area (Å²) in [5.41, 5.74) is 14.1. The van der Waals surface area contributed by atoms with Crippen LogP contribution in [0, 0.1) is 22.7 Å². The van der Waals surface area contributed by atoms with Gasteiger partial charge in [-0.2, -0.15) is 20.5 Å². The predicted octanol–water partition coefficient (Wildman–Crippen LogP) is 1.88. The van der Waals surface area contributed by atoms with Crippen LogP contribution in [0.25, 0.3) is 0 Å². The van der Waals surface area contributed by atoms with Crippen LogP contribution in [-0.4, -0.2) is 86.2 Å². The van der Waals surface area contributed by atoms with Crippen molar-refractivity contribution < 1.29 is 9.53 Å². The Labute approximate surface area is 244 Å². The third-order valence-corrected chi connectivity index (χ3v) is 10.1. The lowest BCUT2D eigenvalue weighted by atomic mass is 9.75. The lowest BCUT2D eigenvalue weighted by Crippen LogP contribution is -2.60. The molecule has 4 N–H and O–H groups in total. The van der Waals surface area contributed by atoms with Crippen LogP contribution in [0.2, 0.25) is 0 Å². The summed E-state index contributed by atoms with van der Waals surface area (Å²) >= 11 is 9.72. The maximum Gasteiger partial charge on any atom is 0.320 e. The van der Waals surface area contributed by atoms with Crippen molar-refractivity contribution in [3.63, 3.8) is 0 Å². The summed E-state index contributed by atoms with van der Waals surface area (Å²) in [5, 5.41) is 20.7. The Hall–Kier alpha value is -3.72. The van der Waals surface area contributed by atoms with Crippen LogP contribution in [-0.2, 0) is 10.2 Å². The second-order valence-electron chi connectivity index (χ2n) is 9.92. The zero-order valence-electron chi connectivity index (χ0n) is 22.2. The number of nitrogens with two attached hydrogens (primary N) is 2. The topological polar surface area (TPSA) is 174 Å². The zero-order chi connectivity index (χ0) is 28.8. The maximum atomic E-state index is 12.4. The molecule has 1 saturated heterocycles. The van der Waals surface area contributed by atoms with E-state index in [1.165, 1.54) is 23.3 Å². The normalized spacial score (nSPS) is 18.1. The molecule has 5 heterocycles. The van der Waals surface area contributed by atoms with Crippen LogP contribution in [0.15, 0.2) is 19.9 Å². The minimum absolute atomic E-state index is 0.0768. The Morgan fingerprint density at radius 3 is 2.48 bits per heavy atom. The van der Waals surface area contributed by atoms with Crippen LogP contribution >= 0.6 is 34.7 Å². The molecule has 1 amide bonds. The van der Waals surface area contributed by atoms with Gasteiger partial charge in [0, 0.05) is 57.0 Å². The number of aromatic nitrogens is 2. The van der Waals surface area contributed by atoms with Gasteiger partial charge in [-0.05, 0) is 6.42 Å². The molecule has 15 heteroatoms. The van der Waals surface area contributed by atoms with E-state index in [1.54, 1.807) is 25.9 Å². The van der Waals surface area contributed by atoms with Crippen LogP contribution in [0.4, 0.5) is 16.6 Å². The number of thioether (sulfide) groups is 1. The summed E-state index contributed by atoms with van der Waals surface area (Å²) in [6.07, 6.45) is 0.672. The molecule has 0 atom stereocenters. The summed E-state index contributed by atoms with van der Waals surface area (Å²) in [4.78, 5) is 31.3. The molecule has 3 aliphatic heterocycles. The summed E-state index contributed by atoms with van der Waals surface area (Å²) in [5.74, 6) is 1.27. The molecule has 3 aliphatic rings. The first kappa shape index (κ1) is 27.8. The highest BCUT2D eigenvalue weighted by Crippen LogP contribution is 2.56. The second kappa shape index (κ2) is 10.7. The molecule has 0 saturated carbocycles. The molecule has 1 fully saturated rings. The molecule has 0 bridgehead atoms. The number of methoxy groups -OCH3 is 1. The van der Waals surface area contributed by atoms with Crippen molar-refractivity contribution in [3.05, 3.63) is 27.4 Å². The van der Waals surface area contributed by atoms with Crippen molar-refractivity contribution in [3.8, 4) is 18.1 Å². The number of fused-ring (bicyclic) bond motifs is 2. The number of ether oxygens (including phenoxy) is 1. The van der Waals surface area contributed by atoms with Gasteiger partial charge in [0.25, 0.3) is 5.91 Å². The lowest BCUT2D eigenvalue weighted by molar-refractivity contribution is -0.124. The number of anilines is 3. The smallest absolute Gasteiger partial charge is 0.320 e. The van der Waals surface area contributed by atoms with E-state index in [2.05, 4.69) is 27.1 Å². The number of aliphatic imine (C=N–C) groups is 1. The van der Waals surface area contributed by atoms with Crippen LogP contribution in [0.5, 0.6) is 6.01 Å². The first-order valence-corrected chi connectivity index (χ1v) is 14.5. The monoisotopic (exact) mass is 598 g/mol. The number of nitrogens with zero attached hydrogens (tertiary/aromatic N) is 8. The molecule has 40 heavy (non-hydrogen) atoms. The minimum atomic E-state index is -0.418. The van der Waals surface area contributed by atoms with Crippen molar-refractivity contribution in [1.82, 2.24) is 14.9 Å². The number of amides is 1. The number of carbonyl (C=O) groups is 1. The van der Waals surface area contributed by atoms with E-state index in [0.29, 0.717) is 66.1 Å². The summed E-state index contributed by atoms with van der Waals surface area (Å²) in [6, 6.07) is 4.70. The molecule has 208 valence electrons. The minimum Gasteiger partial charge on any atom is -0.467 e. The van der Waals surface area contributed by atoms with E-state index >= 15 is 0 Å². The van der Waals surface area contributed by atoms with Gasteiger partial charge in [0.05, 0.1) is 34.2 Å². The molecular weight excluding hydrogens is 572 g/mol. The summed E-state index contributed by atoms with van der Waals surface area (Å²) in [6.45, 7) is 2.37. The lowest BCUT2D eigenvalue weighted by Gasteiger charge is -2.49. The highest BCUT2D eigenvalue weighted by atomic mass is 35.5. The third kappa shape index (κ3) is 4.56. The number of rotatable bonds is 5. The average molecular weight is 599 g/mol. The van der Waals surface area contributed by atoms with Crippen LogP contribution < -0.4 is 26.0 Å². The van der Waals surface area contributed by atoms with Crippen molar-refractivity contribution in [2.24, 2.45) is 10.7 Å². The predicted molar refractivity (Wildman–Crippen MR) is 156 cm³/mol. The fraction of sp³-hybridized carbons (Fsp3) is 0.440. The van der Waals surface area contributed by atoms with E-state index in [-0.39, 0.29) is 28.7 Å². The average Bonchev–Trinajstić information content (AvgIpc) is 3.33. The Bertz CT molecular complexity index is 1530. The Morgan fingerprint density at radius 2 is 1.85 bits per heavy atom. The van der Waals surface area contributed by atoms with Crippen LogP contribution in [0.1, 0.15) is 23.1 Å². The van der Waals surface area contributed by atoms with E-state index in [4.69, 9.17) is 27.8 Å². The number of likely N-dealkylation sites (N-methyl/N-ethyl adjacent to an activating group) is 1. The van der Waals surface area contributed by atoms with Crippen molar-refractivity contribution in [2.75, 3.05) is 75.2 Å². The standard InChI is InChI=1S/C25H27ClN10O2S2/c1-34(2)22(37)18(29)17(26)15-9-35(6-4-5-31-15)20-14(8-28)21(33-24(32-20)38-3)36-10-25(11-36)12-39-23-16(25)13(7-27)19(30)40-23/h4-6,9-12,29-30H2,1-3H3/b18-17+. The van der Waals surface area contributed by atoms with Gasteiger partial charge in [-0.15, -0.1) is 23.1 Å². The fourth-order valence-electron chi connectivity index (χ4n) is 5.14. The van der Waals surface area contributed by atoms with Gasteiger partial charge in [-0.25, -0.2) is 0 Å². The molecule has 1 spiro atoms. The number of nitriles is 2. The number of nitrogen functional groups attached to an aromatic ring is 1. The highest BCUT2D eigenvalue weighted by Gasteiger charge is 2.53. The first-order valence-electron chi connectivity index (χ1n) is 12.4. The molecule has 0 aliphatic carbocycles. The largest absolute Gasteiger partial charge is 0.467 e. The van der Waals surface area contributed by atoms with Gasteiger partial charge < -0.3 is 30.9 Å². The summed E-state index contributed by atoms with van der Waals surface area (Å²) in [7, 11) is 4.66. The summed E-state index contributed by atoms with van der Waals surface area (Å²) < 4.78 is 6.52. The van der Waals surface area contributed by atoms with Gasteiger partial charge in [-0.3, -0.25) is 9.79 Å². The van der Waals surface area contributed by atoms with Gasteiger partial charge in [0.2, 0.25) is 0 Å². The quantitative estimate of drug-likeness (QED) is 0.481. The van der Waals surface area contributed by atoms with Crippen molar-refractivity contribution in [2.45, 2.75) is 16.0 Å². The number of thiophene rings is 1. The maximum absolute atomic E-state index is 12.4. The van der Waals surface area contributed by atoms with Gasteiger partial charge >= 0.3 is 6.01 Å². The molecule has 2 aromatic heterocycles. The molecule has 0 aromatic carbocycles. The molecular formula is C25H27ClN10O2S2. The van der Waals surface area contributed by atoms with Crippen molar-refractivity contribution in [1.29, 1.82) is 10.5 Å². The van der Waals surface area contributed by atoms with Gasteiger partial charge in [0.1, 0.15) is 28.4 Å². The zero-order valence-corrected chi connectivity index (χ0v) is 24.6. The Kier molecular flexibility index (Phi) is 7.44. The van der Waals surface area contributed by atoms with Gasteiger partial charge in [-0.1, -0.05) is 11.6 Å². The molecule has 2 aromatic rings. The Morgan fingerprint density at radius 1 is 1.18 bits per heavy atom. The number of hydrogen-bond donors (Lipinski definition) is 2. The van der Waals surface area contributed by atoms with E-state index in [1.807, 2.05) is 9.80 Å². The van der Waals surface area contributed by atoms with E-state index in [9.17, 15) is 15.3 Å². The Balaban J connectivity index is 1.48. The number of carbonyl (C=O) groups excluding carboxylic acids is 1. The van der Waals surface area contributed by atoms with E-state index in [0.717, 1.165) is 15.5 Å².